The fourth-order valence-electron chi connectivity index (χ4n) is 4.43. The van der Waals surface area contributed by atoms with Crippen LogP contribution in [0.5, 0.6) is 0 Å². The molecule has 0 saturated heterocycles. The van der Waals surface area contributed by atoms with E-state index in [1.807, 2.05) is 39.2 Å². The Kier molecular flexibility index (Phi) is 12.4. The average molecular weight is 525 g/mol. The summed E-state index contributed by atoms with van der Waals surface area (Å²) in [4.78, 5) is 30.5. The Morgan fingerprint density at radius 3 is 2.31 bits per heavy atom. The molecule has 0 fully saturated rings. The van der Waals surface area contributed by atoms with Crippen molar-refractivity contribution >= 4 is 29.1 Å². The van der Waals surface area contributed by atoms with Crippen LogP contribution in [0.4, 0.5) is 0 Å². The molecule has 8 heteroatoms. The molecule has 0 bridgehead atoms. The highest BCUT2D eigenvalue weighted by atomic mass is 32.1. The number of Topliss-reactive ketones (excluding diaryl/α,β-unsaturated/α-hetero) is 1. The van der Waals surface area contributed by atoms with Gasteiger partial charge in [-0.05, 0) is 64.5 Å². The fraction of sp³-hybridized carbons (Fsp3) is 0.750. The number of hydrogen-bond acceptors (Lipinski definition) is 7. The van der Waals surface area contributed by atoms with Crippen LogP contribution in [0, 0.1) is 24.2 Å². The number of amides is 1. The molecule has 3 unspecified atom stereocenters. The van der Waals surface area contributed by atoms with Gasteiger partial charge in [0.05, 0.1) is 40.3 Å². The molecular formula is C28H48N2O5S. The second-order valence-corrected chi connectivity index (χ2v) is 12.5. The summed E-state index contributed by atoms with van der Waals surface area (Å²) in [5.41, 5.74) is -0.133. The minimum Gasteiger partial charge on any atom is -0.392 e. The van der Waals surface area contributed by atoms with Crippen LogP contribution in [0.1, 0.15) is 98.2 Å². The summed E-state index contributed by atoms with van der Waals surface area (Å²) in [5, 5.41) is 37.5. The summed E-state index contributed by atoms with van der Waals surface area (Å²) in [6, 6.07) is -0.198. The number of carbonyl (C=O) groups excluding carboxylic acids is 2. The van der Waals surface area contributed by atoms with Crippen molar-refractivity contribution in [3.8, 4) is 0 Å². The molecule has 0 aromatic carbocycles. The number of nitrogens with zero attached hydrogens (tertiary/aromatic N) is 1. The summed E-state index contributed by atoms with van der Waals surface area (Å²) in [7, 11) is 0. The summed E-state index contributed by atoms with van der Waals surface area (Å²) in [6.45, 7) is 16.2. The highest BCUT2D eigenvalue weighted by molar-refractivity contribution is 7.09. The third-order valence-corrected chi connectivity index (χ3v) is 7.90. The predicted octanol–water partition coefficient (Wildman–Crippen LogP) is 4.67. The van der Waals surface area contributed by atoms with Crippen LogP contribution in [-0.4, -0.2) is 55.8 Å². The number of ketones is 1. The van der Waals surface area contributed by atoms with Gasteiger partial charge >= 0.3 is 0 Å². The highest BCUT2D eigenvalue weighted by Gasteiger charge is 2.42. The Labute approximate surface area is 221 Å². The van der Waals surface area contributed by atoms with Gasteiger partial charge in [0.2, 0.25) is 5.91 Å². The monoisotopic (exact) mass is 524 g/mol. The summed E-state index contributed by atoms with van der Waals surface area (Å²) in [6.07, 6.45) is 2.41. The Balaban J connectivity index is 2.74. The molecule has 36 heavy (non-hydrogen) atoms. The first kappa shape index (κ1) is 32.4. The van der Waals surface area contributed by atoms with Crippen LogP contribution in [0.2, 0.25) is 0 Å². The van der Waals surface area contributed by atoms with Gasteiger partial charge in [0, 0.05) is 17.3 Å². The standard InChI is InChI=1S/C28H48N2O5S/c1-10-22(18(3)14-21-16-36-20(5)29-21)30-24(32)15-23(31)28(8,9)26(34)19(4)25(33)17(2)12-11-13-27(6,7)35/h14,16-17,19,22-23,25,31,33,35H,10-13,15H2,1-9H3,(H,30,32)/b18-14+/t17?,19?,22-,23?,25-/m0/s1. The number of thiazole rings is 1. The van der Waals surface area contributed by atoms with Crippen molar-refractivity contribution in [1.29, 1.82) is 0 Å². The number of rotatable bonds is 15. The zero-order chi connectivity index (χ0) is 27.8. The molecular weight excluding hydrogens is 476 g/mol. The number of aromatic nitrogens is 1. The summed E-state index contributed by atoms with van der Waals surface area (Å²) >= 11 is 1.57. The van der Waals surface area contributed by atoms with E-state index in [1.165, 1.54) is 0 Å². The molecule has 206 valence electrons. The Hall–Kier alpha value is -1.61. The number of aryl methyl sites for hydroxylation is 1. The van der Waals surface area contributed by atoms with E-state index >= 15 is 0 Å². The number of nitrogens with one attached hydrogen (secondary N) is 1. The van der Waals surface area contributed by atoms with E-state index in [0.29, 0.717) is 19.3 Å². The Morgan fingerprint density at radius 2 is 1.81 bits per heavy atom. The number of aliphatic hydroxyl groups is 3. The van der Waals surface area contributed by atoms with Crippen LogP contribution in [0.15, 0.2) is 11.0 Å². The summed E-state index contributed by atoms with van der Waals surface area (Å²) < 4.78 is 0. The average Bonchev–Trinajstić information content (AvgIpc) is 3.18. The molecule has 0 aliphatic carbocycles. The molecule has 0 saturated carbocycles. The maximum atomic E-state index is 13.3. The molecule has 0 spiro atoms. The van der Waals surface area contributed by atoms with Gasteiger partial charge in [-0.1, -0.05) is 41.0 Å². The zero-order valence-electron chi connectivity index (χ0n) is 23.6. The Bertz CT molecular complexity index is 887. The molecule has 4 N–H and O–H groups in total. The van der Waals surface area contributed by atoms with E-state index in [1.54, 1.807) is 46.0 Å². The quantitative estimate of drug-likeness (QED) is 0.265. The smallest absolute Gasteiger partial charge is 0.223 e. The van der Waals surface area contributed by atoms with Gasteiger partial charge in [0.25, 0.3) is 0 Å². The predicted molar refractivity (Wildman–Crippen MR) is 147 cm³/mol. The van der Waals surface area contributed by atoms with Crippen LogP contribution in [0.3, 0.4) is 0 Å². The van der Waals surface area contributed by atoms with Crippen molar-refractivity contribution in [3.63, 3.8) is 0 Å². The second kappa shape index (κ2) is 13.8. The SMILES string of the molecule is CC[C@H](NC(=O)CC(O)C(C)(C)C(=O)C(C)[C@@H](O)C(C)CCCC(C)(C)O)/C(C)=C/c1csc(C)n1. The zero-order valence-corrected chi connectivity index (χ0v) is 24.4. The molecule has 7 nitrogen and oxygen atoms in total. The van der Waals surface area contributed by atoms with E-state index in [4.69, 9.17) is 0 Å². The molecule has 1 aromatic rings. The van der Waals surface area contributed by atoms with E-state index in [9.17, 15) is 24.9 Å². The van der Waals surface area contributed by atoms with Gasteiger partial charge < -0.3 is 20.6 Å². The van der Waals surface area contributed by atoms with Crippen molar-refractivity contribution in [1.82, 2.24) is 10.3 Å². The molecule has 0 aliphatic rings. The fourth-order valence-corrected chi connectivity index (χ4v) is 5.00. The lowest BCUT2D eigenvalue weighted by Gasteiger charge is -2.34. The molecule has 1 amide bonds. The van der Waals surface area contributed by atoms with Crippen LogP contribution in [0.25, 0.3) is 6.08 Å². The second-order valence-electron chi connectivity index (χ2n) is 11.5. The van der Waals surface area contributed by atoms with Gasteiger partial charge in [-0.25, -0.2) is 4.98 Å². The normalized spacial score (nSPS) is 17.3. The van der Waals surface area contributed by atoms with Gasteiger partial charge in [0.1, 0.15) is 5.78 Å². The topological polar surface area (TPSA) is 120 Å². The van der Waals surface area contributed by atoms with Crippen molar-refractivity contribution < 1.29 is 24.9 Å². The van der Waals surface area contributed by atoms with Crippen molar-refractivity contribution in [3.05, 3.63) is 21.7 Å². The van der Waals surface area contributed by atoms with E-state index in [2.05, 4.69) is 10.3 Å². The maximum absolute atomic E-state index is 13.3. The molecule has 1 heterocycles. The van der Waals surface area contributed by atoms with Gasteiger partial charge in [-0.15, -0.1) is 11.3 Å². The van der Waals surface area contributed by atoms with Gasteiger partial charge in [-0.2, -0.15) is 0 Å². The minimum atomic E-state index is -1.20. The minimum absolute atomic E-state index is 0.135. The van der Waals surface area contributed by atoms with Crippen molar-refractivity contribution in [2.45, 2.75) is 118 Å². The van der Waals surface area contributed by atoms with Crippen LogP contribution in [-0.2, 0) is 9.59 Å². The first-order chi connectivity index (χ1) is 16.5. The lowest BCUT2D eigenvalue weighted by atomic mass is 9.73. The lowest BCUT2D eigenvalue weighted by molar-refractivity contribution is -0.143. The lowest BCUT2D eigenvalue weighted by Crippen LogP contribution is -2.47. The third-order valence-electron chi connectivity index (χ3n) is 7.11. The highest BCUT2D eigenvalue weighted by Crippen LogP contribution is 2.32. The Morgan fingerprint density at radius 1 is 1.19 bits per heavy atom. The molecule has 1 rings (SSSR count). The molecule has 0 aliphatic heterocycles. The van der Waals surface area contributed by atoms with E-state index in [0.717, 1.165) is 22.7 Å². The van der Waals surface area contributed by atoms with Crippen LogP contribution < -0.4 is 5.32 Å². The summed E-state index contributed by atoms with van der Waals surface area (Å²) in [5.74, 6) is -1.42. The van der Waals surface area contributed by atoms with Crippen molar-refractivity contribution in [2.24, 2.45) is 17.3 Å². The first-order valence-corrected chi connectivity index (χ1v) is 13.9. The number of carbonyl (C=O) groups is 2. The van der Waals surface area contributed by atoms with Crippen LogP contribution >= 0.6 is 11.3 Å². The maximum Gasteiger partial charge on any atom is 0.223 e. The van der Waals surface area contributed by atoms with E-state index < -0.39 is 29.1 Å². The number of hydrogen-bond donors (Lipinski definition) is 4. The largest absolute Gasteiger partial charge is 0.392 e. The third kappa shape index (κ3) is 10.0. The van der Waals surface area contributed by atoms with Crippen molar-refractivity contribution in [2.75, 3.05) is 0 Å². The molecule has 1 aromatic heterocycles. The first-order valence-electron chi connectivity index (χ1n) is 13.0. The molecule has 5 atom stereocenters. The van der Waals surface area contributed by atoms with E-state index in [-0.39, 0.29) is 30.1 Å². The number of aliphatic hydroxyl groups excluding tert-OH is 2. The van der Waals surface area contributed by atoms with Gasteiger partial charge in [-0.3, -0.25) is 9.59 Å². The molecule has 0 radical (unpaired) electrons. The van der Waals surface area contributed by atoms with Gasteiger partial charge in [0.15, 0.2) is 0 Å².